The lowest BCUT2D eigenvalue weighted by Gasteiger charge is -1.97. The number of carbonyl (C=O) groups is 1. The highest BCUT2D eigenvalue weighted by atomic mass is 16.5. The largest absolute Gasteiger partial charge is 0.461 e. The average Bonchev–Trinajstić information content (AvgIpc) is 2.78. The molecule has 1 N–H and O–H groups in total. The molecule has 2 aromatic heterocycles. The van der Waals surface area contributed by atoms with Crippen molar-refractivity contribution in [3.05, 3.63) is 35.7 Å². The molecule has 0 saturated heterocycles. The summed E-state index contributed by atoms with van der Waals surface area (Å²) in [6, 6.07) is 7.29. The number of esters is 1. The molecule has 2 aromatic rings. The van der Waals surface area contributed by atoms with Crippen LogP contribution in [-0.2, 0) is 4.74 Å². The standard InChI is InChI=1S/C12H13N3O2/c1-3-17-12(16)11-7-10(14-15-11)9-6-4-5-8(2)13-9/h4-7H,3H2,1-2H3,(H,14,15). The molecule has 0 aromatic carbocycles. The summed E-state index contributed by atoms with van der Waals surface area (Å²) in [5.74, 6) is -0.404. The lowest BCUT2D eigenvalue weighted by molar-refractivity contribution is 0.0519. The van der Waals surface area contributed by atoms with Crippen LogP contribution < -0.4 is 0 Å². The van der Waals surface area contributed by atoms with Gasteiger partial charge >= 0.3 is 5.97 Å². The van der Waals surface area contributed by atoms with Crippen molar-refractivity contribution in [1.82, 2.24) is 15.2 Å². The predicted octanol–water partition coefficient (Wildman–Crippen LogP) is 1.96. The van der Waals surface area contributed by atoms with E-state index in [0.717, 1.165) is 11.4 Å². The Hall–Kier alpha value is -2.17. The molecular weight excluding hydrogens is 218 g/mol. The molecule has 0 aliphatic carbocycles. The van der Waals surface area contributed by atoms with E-state index in [-0.39, 0.29) is 0 Å². The highest BCUT2D eigenvalue weighted by Gasteiger charge is 2.12. The smallest absolute Gasteiger partial charge is 0.356 e. The summed E-state index contributed by atoms with van der Waals surface area (Å²) in [5, 5.41) is 6.69. The van der Waals surface area contributed by atoms with Crippen LogP contribution in [0.5, 0.6) is 0 Å². The molecule has 2 rings (SSSR count). The van der Waals surface area contributed by atoms with Crippen molar-refractivity contribution >= 4 is 5.97 Å². The van der Waals surface area contributed by atoms with Gasteiger partial charge in [-0.25, -0.2) is 4.79 Å². The molecule has 0 unspecified atom stereocenters. The van der Waals surface area contributed by atoms with E-state index in [1.54, 1.807) is 13.0 Å². The Morgan fingerprint density at radius 2 is 2.24 bits per heavy atom. The van der Waals surface area contributed by atoms with Gasteiger partial charge in [0.15, 0.2) is 0 Å². The van der Waals surface area contributed by atoms with Gasteiger partial charge in [0.05, 0.1) is 12.3 Å². The normalized spacial score (nSPS) is 10.2. The molecular formula is C12H13N3O2. The number of pyridine rings is 1. The van der Waals surface area contributed by atoms with Crippen LogP contribution in [0.25, 0.3) is 11.4 Å². The molecule has 17 heavy (non-hydrogen) atoms. The number of nitrogens with zero attached hydrogens (tertiary/aromatic N) is 2. The molecule has 0 aliphatic heterocycles. The van der Waals surface area contributed by atoms with Crippen molar-refractivity contribution in [3.8, 4) is 11.4 Å². The zero-order valence-electron chi connectivity index (χ0n) is 9.73. The second kappa shape index (κ2) is 4.78. The van der Waals surface area contributed by atoms with Gasteiger partial charge < -0.3 is 4.74 Å². The number of H-pyrrole nitrogens is 1. The van der Waals surface area contributed by atoms with Crippen LogP contribution >= 0.6 is 0 Å². The van der Waals surface area contributed by atoms with E-state index < -0.39 is 5.97 Å². The lowest BCUT2D eigenvalue weighted by atomic mass is 10.2. The average molecular weight is 231 g/mol. The quantitative estimate of drug-likeness (QED) is 0.820. The molecule has 0 aliphatic rings. The molecule has 0 atom stereocenters. The molecule has 0 saturated carbocycles. The molecule has 0 spiro atoms. The molecule has 2 heterocycles. The Morgan fingerprint density at radius 3 is 2.94 bits per heavy atom. The Morgan fingerprint density at radius 1 is 1.41 bits per heavy atom. The third kappa shape index (κ3) is 2.50. The zero-order chi connectivity index (χ0) is 12.3. The molecule has 88 valence electrons. The van der Waals surface area contributed by atoms with E-state index in [1.807, 2.05) is 25.1 Å². The fraction of sp³-hybridized carbons (Fsp3) is 0.250. The van der Waals surface area contributed by atoms with Gasteiger partial charge in [-0.15, -0.1) is 0 Å². The van der Waals surface area contributed by atoms with Crippen molar-refractivity contribution in [1.29, 1.82) is 0 Å². The summed E-state index contributed by atoms with van der Waals surface area (Å²) in [6.07, 6.45) is 0. The van der Waals surface area contributed by atoms with Crippen LogP contribution in [0.3, 0.4) is 0 Å². The zero-order valence-corrected chi connectivity index (χ0v) is 9.73. The number of ether oxygens (including phenoxy) is 1. The molecule has 0 bridgehead atoms. The van der Waals surface area contributed by atoms with Gasteiger partial charge in [0.1, 0.15) is 11.4 Å². The van der Waals surface area contributed by atoms with Crippen LogP contribution in [0.2, 0.25) is 0 Å². The Labute approximate surface area is 98.8 Å². The van der Waals surface area contributed by atoms with Crippen LogP contribution in [0.4, 0.5) is 0 Å². The lowest BCUT2D eigenvalue weighted by Crippen LogP contribution is -2.04. The minimum absolute atomic E-state index is 0.338. The number of nitrogens with one attached hydrogen (secondary N) is 1. The van der Waals surface area contributed by atoms with Crippen molar-refractivity contribution in [2.75, 3.05) is 6.61 Å². The first-order valence-corrected chi connectivity index (χ1v) is 5.37. The number of aromatic amines is 1. The minimum atomic E-state index is -0.404. The maximum atomic E-state index is 11.4. The Kier molecular flexibility index (Phi) is 3.18. The van der Waals surface area contributed by atoms with Crippen molar-refractivity contribution in [3.63, 3.8) is 0 Å². The van der Waals surface area contributed by atoms with E-state index >= 15 is 0 Å². The molecule has 5 heteroatoms. The summed E-state index contributed by atoms with van der Waals surface area (Å²) < 4.78 is 4.87. The Bertz CT molecular complexity index is 534. The van der Waals surface area contributed by atoms with Gasteiger partial charge in [-0.1, -0.05) is 6.07 Å². The third-order valence-corrected chi connectivity index (χ3v) is 2.22. The highest BCUT2D eigenvalue weighted by Crippen LogP contribution is 2.15. The third-order valence-electron chi connectivity index (χ3n) is 2.22. The first-order valence-electron chi connectivity index (χ1n) is 5.37. The second-order valence-corrected chi connectivity index (χ2v) is 3.55. The van der Waals surface area contributed by atoms with Gasteiger partial charge in [-0.2, -0.15) is 5.10 Å². The topological polar surface area (TPSA) is 67.9 Å². The predicted molar refractivity (Wildman–Crippen MR) is 62.5 cm³/mol. The maximum absolute atomic E-state index is 11.4. The monoisotopic (exact) mass is 231 g/mol. The van der Waals surface area contributed by atoms with Crippen molar-refractivity contribution in [2.24, 2.45) is 0 Å². The van der Waals surface area contributed by atoms with Gasteiger partial charge in [0, 0.05) is 11.8 Å². The summed E-state index contributed by atoms with van der Waals surface area (Å²) in [4.78, 5) is 15.8. The van der Waals surface area contributed by atoms with Crippen LogP contribution in [-0.4, -0.2) is 27.8 Å². The van der Waals surface area contributed by atoms with Gasteiger partial charge in [-0.3, -0.25) is 10.1 Å². The molecule has 0 radical (unpaired) electrons. The number of carbonyl (C=O) groups excluding carboxylic acids is 1. The summed E-state index contributed by atoms with van der Waals surface area (Å²) in [5.41, 5.74) is 2.61. The first kappa shape index (κ1) is 11.3. The highest BCUT2D eigenvalue weighted by molar-refractivity contribution is 5.88. The van der Waals surface area contributed by atoms with Crippen LogP contribution in [0.1, 0.15) is 23.1 Å². The van der Waals surface area contributed by atoms with Crippen molar-refractivity contribution < 1.29 is 9.53 Å². The van der Waals surface area contributed by atoms with Gasteiger partial charge in [0.2, 0.25) is 0 Å². The second-order valence-electron chi connectivity index (χ2n) is 3.55. The number of hydrogen-bond acceptors (Lipinski definition) is 4. The van der Waals surface area contributed by atoms with E-state index in [2.05, 4.69) is 15.2 Å². The molecule has 0 fully saturated rings. The van der Waals surface area contributed by atoms with Crippen LogP contribution in [0, 0.1) is 6.92 Å². The van der Waals surface area contributed by atoms with E-state index in [1.165, 1.54) is 0 Å². The Balaban J connectivity index is 2.27. The number of aryl methyl sites for hydroxylation is 1. The molecule has 0 amide bonds. The number of aromatic nitrogens is 3. The van der Waals surface area contributed by atoms with E-state index in [4.69, 9.17) is 4.74 Å². The van der Waals surface area contributed by atoms with Crippen molar-refractivity contribution in [2.45, 2.75) is 13.8 Å². The summed E-state index contributed by atoms with van der Waals surface area (Å²) in [7, 11) is 0. The van der Waals surface area contributed by atoms with Gasteiger partial charge in [0.25, 0.3) is 0 Å². The SMILES string of the molecule is CCOC(=O)c1cc(-c2cccc(C)n2)n[nH]1. The minimum Gasteiger partial charge on any atom is -0.461 e. The number of hydrogen-bond donors (Lipinski definition) is 1. The summed E-state index contributed by atoms with van der Waals surface area (Å²) >= 11 is 0. The van der Waals surface area contributed by atoms with Gasteiger partial charge in [-0.05, 0) is 26.0 Å². The maximum Gasteiger partial charge on any atom is 0.356 e. The van der Waals surface area contributed by atoms with E-state index in [9.17, 15) is 4.79 Å². The fourth-order valence-electron chi connectivity index (χ4n) is 1.45. The van der Waals surface area contributed by atoms with E-state index in [0.29, 0.717) is 18.0 Å². The number of rotatable bonds is 3. The molecule has 5 nitrogen and oxygen atoms in total. The summed E-state index contributed by atoms with van der Waals surface area (Å²) in [6.45, 7) is 4.01. The van der Waals surface area contributed by atoms with Crippen LogP contribution in [0.15, 0.2) is 24.3 Å². The fourth-order valence-corrected chi connectivity index (χ4v) is 1.45. The first-order chi connectivity index (χ1) is 8.20.